The normalized spacial score (nSPS) is 12.5. The van der Waals surface area contributed by atoms with Gasteiger partial charge in [0.25, 0.3) is 0 Å². The Bertz CT molecular complexity index is 357. The SMILES string of the molecule is CC(C)CC(C)C(=O)Nc1ccc(CO)cc1. The molecule has 0 aromatic heterocycles. The Hall–Kier alpha value is -1.35. The van der Waals surface area contributed by atoms with E-state index in [1.165, 1.54) is 0 Å². The summed E-state index contributed by atoms with van der Waals surface area (Å²) in [5.41, 5.74) is 1.63. The smallest absolute Gasteiger partial charge is 0.227 e. The van der Waals surface area contributed by atoms with Crippen molar-refractivity contribution >= 4 is 11.6 Å². The summed E-state index contributed by atoms with van der Waals surface area (Å²) in [4.78, 5) is 11.8. The third-order valence-corrected chi connectivity index (χ3v) is 2.68. The third kappa shape index (κ3) is 4.57. The quantitative estimate of drug-likeness (QED) is 0.824. The zero-order valence-corrected chi connectivity index (χ0v) is 10.7. The van der Waals surface area contributed by atoms with Gasteiger partial charge >= 0.3 is 0 Å². The summed E-state index contributed by atoms with van der Waals surface area (Å²) >= 11 is 0. The molecule has 17 heavy (non-hydrogen) atoms. The summed E-state index contributed by atoms with van der Waals surface area (Å²) in [6, 6.07) is 7.24. The number of rotatable bonds is 5. The van der Waals surface area contributed by atoms with Crippen LogP contribution >= 0.6 is 0 Å². The first-order valence-corrected chi connectivity index (χ1v) is 6.03. The summed E-state index contributed by atoms with van der Waals surface area (Å²) in [5.74, 6) is 0.593. The van der Waals surface area contributed by atoms with Crippen LogP contribution in [-0.2, 0) is 11.4 Å². The molecule has 0 saturated carbocycles. The van der Waals surface area contributed by atoms with Gasteiger partial charge in [-0.25, -0.2) is 0 Å². The lowest BCUT2D eigenvalue weighted by Crippen LogP contribution is -2.21. The fraction of sp³-hybridized carbons (Fsp3) is 0.500. The van der Waals surface area contributed by atoms with Gasteiger partial charge in [-0.3, -0.25) is 4.79 Å². The number of aliphatic hydroxyl groups excluding tert-OH is 1. The van der Waals surface area contributed by atoms with Crippen molar-refractivity contribution in [2.45, 2.75) is 33.8 Å². The molecule has 0 aliphatic heterocycles. The highest BCUT2D eigenvalue weighted by Crippen LogP contribution is 2.15. The number of aliphatic hydroxyl groups is 1. The Kier molecular flexibility index (Phi) is 5.16. The Morgan fingerprint density at radius 1 is 1.24 bits per heavy atom. The van der Waals surface area contributed by atoms with Gasteiger partial charge < -0.3 is 10.4 Å². The Morgan fingerprint density at radius 3 is 2.29 bits per heavy atom. The molecule has 94 valence electrons. The second-order valence-corrected chi connectivity index (χ2v) is 4.87. The van der Waals surface area contributed by atoms with Crippen LogP contribution in [0.25, 0.3) is 0 Å². The van der Waals surface area contributed by atoms with E-state index in [4.69, 9.17) is 5.11 Å². The molecular weight excluding hydrogens is 214 g/mol. The molecule has 1 unspecified atom stereocenters. The number of benzene rings is 1. The minimum atomic E-state index is 0.0209. The molecule has 0 heterocycles. The van der Waals surface area contributed by atoms with Crippen LogP contribution in [0.4, 0.5) is 5.69 Å². The molecule has 1 rings (SSSR count). The molecule has 2 N–H and O–H groups in total. The molecule has 0 aliphatic carbocycles. The number of hydrogen-bond acceptors (Lipinski definition) is 2. The average molecular weight is 235 g/mol. The standard InChI is InChI=1S/C14H21NO2/c1-10(2)8-11(3)14(17)15-13-6-4-12(9-16)5-7-13/h4-7,10-11,16H,8-9H2,1-3H3,(H,15,17). The van der Waals surface area contributed by atoms with Gasteiger partial charge in [0.2, 0.25) is 5.91 Å². The fourth-order valence-corrected chi connectivity index (χ4v) is 1.77. The van der Waals surface area contributed by atoms with Crippen LogP contribution in [0.2, 0.25) is 0 Å². The van der Waals surface area contributed by atoms with E-state index < -0.39 is 0 Å². The maximum atomic E-state index is 11.8. The molecule has 0 saturated heterocycles. The van der Waals surface area contributed by atoms with Gasteiger partial charge in [0.05, 0.1) is 6.61 Å². The van der Waals surface area contributed by atoms with E-state index in [0.29, 0.717) is 5.92 Å². The van der Waals surface area contributed by atoms with Crippen molar-refractivity contribution in [1.29, 1.82) is 0 Å². The Balaban J connectivity index is 2.55. The van der Waals surface area contributed by atoms with E-state index in [2.05, 4.69) is 19.2 Å². The van der Waals surface area contributed by atoms with Crippen LogP contribution in [0.3, 0.4) is 0 Å². The molecule has 0 bridgehead atoms. The van der Waals surface area contributed by atoms with Gasteiger partial charge in [0, 0.05) is 11.6 Å². The van der Waals surface area contributed by atoms with E-state index in [-0.39, 0.29) is 18.4 Å². The lowest BCUT2D eigenvalue weighted by Gasteiger charge is -2.14. The van der Waals surface area contributed by atoms with Gasteiger partial charge in [-0.05, 0) is 30.0 Å². The van der Waals surface area contributed by atoms with Gasteiger partial charge in [-0.15, -0.1) is 0 Å². The molecule has 0 spiro atoms. The number of carbonyl (C=O) groups is 1. The number of carbonyl (C=O) groups excluding carboxylic acids is 1. The Labute approximate surface area is 103 Å². The zero-order valence-electron chi connectivity index (χ0n) is 10.7. The number of anilines is 1. The van der Waals surface area contributed by atoms with E-state index >= 15 is 0 Å². The highest BCUT2D eigenvalue weighted by atomic mass is 16.3. The highest BCUT2D eigenvalue weighted by Gasteiger charge is 2.14. The van der Waals surface area contributed by atoms with Crippen molar-refractivity contribution < 1.29 is 9.90 Å². The summed E-state index contributed by atoms with van der Waals surface area (Å²) in [5, 5.41) is 11.8. The summed E-state index contributed by atoms with van der Waals surface area (Å²) in [6.07, 6.45) is 0.889. The lowest BCUT2D eigenvalue weighted by atomic mass is 9.98. The first-order chi connectivity index (χ1) is 8.02. The van der Waals surface area contributed by atoms with Crippen LogP contribution in [0.5, 0.6) is 0 Å². The fourth-order valence-electron chi connectivity index (χ4n) is 1.77. The maximum Gasteiger partial charge on any atom is 0.227 e. The minimum Gasteiger partial charge on any atom is -0.392 e. The lowest BCUT2D eigenvalue weighted by molar-refractivity contribution is -0.119. The van der Waals surface area contributed by atoms with Crippen LogP contribution in [0.15, 0.2) is 24.3 Å². The average Bonchev–Trinajstić information content (AvgIpc) is 2.29. The molecule has 1 amide bonds. The molecule has 0 fully saturated rings. The summed E-state index contributed by atoms with van der Waals surface area (Å²) in [6.45, 7) is 6.19. The maximum absolute atomic E-state index is 11.8. The first-order valence-electron chi connectivity index (χ1n) is 6.03. The monoisotopic (exact) mass is 235 g/mol. The van der Waals surface area contributed by atoms with E-state index in [1.54, 1.807) is 0 Å². The topological polar surface area (TPSA) is 49.3 Å². The van der Waals surface area contributed by atoms with Crippen molar-refractivity contribution in [2.75, 3.05) is 5.32 Å². The molecule has 1 aromatic rings. The largest absolute Gasteiger partial charge is 0.392 e. The summed E-state index contributed by atoms with van der Waals surface area (Å²) in [7, 11) is 0. The predicted molar refractivity (Wildman–Crippen MR) is 69.6 cm³/mol. The van der Waals surface area contributed by atoms with Crippen molar-refractivity contribution in [3.63, 3.8) is 0 Å². The van der Waals surface area contributed by atoms with Crippen molar-refractivity contribution in [3.8, 4) is 0 Å². The zero-order chi connectivity index (χ0) is 12.8. The van der Waals surface area contributed by atoms with Crippen molar-refractivity contribution in [3.05, 3.63) is 29.8 Å². The first kappa shape index (κ1) is 13.7. The number of nitrogens with one attached hydrogen (secondary N) is 1. The van der Waals surface area contributed by atoms with Gasteiger partial charge in [0.1, 0.15) is 0 Å². The van der Waals surface area contributed by atoms with Gasteiger partial charge in [0.15, 0.2) is 0 Å². The van der Waals surface area contributed by atoms with Crippen LogP contribution in [0, 0.1) is 11.8 Å². The molecule has 1 atom stereocenters. The van der Waals surface area contributed by atoms with Crippen molar-refractivity contribution in [2.24, 2.45) is 11.8 Å². The third-order valence-electron chi connectivity index (χ3n) is 2.68. The molecule has 3 nitrogen and oxygen atoms in total. The molecule has 0 aliphatic rings. The predicted octanol–water partition coefficient (Wildman–Crippen LogP) is 2.80. The molecule has 1 aromatic carbocycles. The van der Waals surface area contributed by atoms with Crippen LogP contribution in [0.1, 0.15) is 32.8 Å². The number of hydrogen-bond donors (Lipinski definition) is 2. The second kappa shape index (κ2) is 6.40. The van der Waals surface area contributed by atoms with Crippen LogP contribution in [-0.4, -0.2) is 11.0 Å². The highest BCUT2D eigenvalue weighted by molar-refractivity contribution is 5.92. The van der Waals surface area contributed by atoms with Crippen LogP contribution < -0.4 is 5.32 Å². The van der Waals surface area contributed by atoms with E-state index in [9.17, 15) is 4.79 Å². The minimum absolute atomic E-state index is 0.0209. The molecule has 0 radical (unpaired) electrons. The molecular formula is C14H21NO2. The Morgan fingerprint density at radius 2 is 1.82 bits per heavy atom. The molecule has 3 heteroatoms. The second-order valence-electron chi connectivity index (χ2n) is 4.87. The van der Waals surface area contributed by atoms with Gasteiger partial charge in [-0.1, -0.05) is 32.9 Å². The van der Waals surface area contributed by atoms with E-state index in [1.807, 2.05) is 31.2 Å². The number of amides is 1. The van der Waals surface area contributed by atoms with Crippen molar-refractivity contribution in [1.82, 2.24) is 0 Å². The van der Waals surface area contributed by atoms with E-state index in [0.717, 1.165) is 17.7 Å². The summed E-state index contributed by atoms with van der Waals surface area (Å²) < 4.78 is 0. The van der Waals surface area contributed by atoms with Gasteiger partial charge in [-0.2, -0.15) is 0 Å².